The Bertz CT molecular complexity index is 612. The number of benzene rings is 1. The van der Waals surface area contributed by atoms with Crippen LogP contribution in [0.15, 0.2) is 18.2 Å². The summed E-state index contributed by atoms with van der Waals surface area (Å²) in [7, 11) is 0. The van der Waals surface area contributed by atoms with Gasteiger partial charge in [-0.15, -0.1) is 0 Å². The van der Waals surface area contributed by atoms with Crippen LogP contribution in [0.4, 0.5) is 5.95 Å². The number of fused-ring (bicyclic) bond motifs is 1. The molecule has 1 aromatic carbocycles. The van der Waals surface area contributed by atoms with Gasteiger partial charge in [-0.25, -0.2) is 4.98 Å². The summed E-state index contributed by atoms with van der Waals surface area (Å²) in [6, 6.07) is 6.23. The predicted octanol–water partition coefficient (Wildman–Crippen LogP) is 1.94. The van der Waals surface area contributed by atoms with Gasteiger partial charge < -0.3 is 15.0 Å². The van der Waals surface area contributed by atoms with Gasteiger partial charge in [0.25, 0.3) is 0 Å². The van der Waals surface area contributed by atoms with E-state index in [2.05, 4.69) is 62.2 Å². The monoisotopic (exact) mass is 386 g/mol. The van der Waals surface area contributed by atoms with E-state index in [1.165, 1.54) is 3.57 Å². The zero-order valence-electron chi connectivity index (χ0n) is 11.6. The van der Waals surface area contributed by atoms with Crippen molar-refractivity contribution in [2.24, 2.45) is 0 Å². The molecule has 1 aliphatic heterocycles. The summed E-state index contributed by atoms with van der Waals surface area (Å²) >= 11 is 2.29. The van der Waals surface area contributed by atoms with Gasteiger partial charge in [-0.1, -0.05) is 6.92 Å². The molecule has 0 saturated carbocycles. The summed E-state index contributed by atoms with van der Waals surface area (Å²) in [4.78, 5) is 6.85. The lowest BCUT2D eigenvalue weighted by Crippen LogP contribution is -2.44. The normalized spacial score (nSPS) is 20.6. The first kappa shape index (κ1) is 14.1. The van der Waals surface area contributed by atoms with Crippen LogP contribution in [0.1, 0.15) is 6.92 Å². The summed E-state index contributed by atoms with van der Waals surface area (Å²) in [5.74, 6) is 0.569. The van der Waals surface area contributed by atoms with Gasteiger partial charge >= 0.3 is 0 Å². The van der Waals surface area contributed by atoms with Gasteiger partial charge in [0.15, 0.2) is 0 Å². The molecule has 108 valence electrons. The van der Waals surface area contributed by atoms with Gasteiger partial charge in [0.2, 0.25) is 5.95 Å². The van der Waals surface area contributed by atoms with E-state index in [9.17, 15) is 0 Å². The number of halogens is 1. The van der Waals surface area contributed by atoms with Crippen LogP contribution in [-0.2, 0) is 11.3 Å². The van der Waals surface area contributed by atoms with Gasteiger partial charge in [0.05, 0.1) is 30.3 Å². The lowest BCUT2D eigenvalue weighted by Gasteiger charge is -2.32. The van der Waals surface area contributed by atoms with Gasteiger partial charge in [-0.05, 0) is 47.3 Å². The molecule has 1 aliphatic rings. The van der Waals surface area contributed by atoms with Crippen LogP contribution in [0.5, 0.6) is 0 Å². The molecule has 5 nitrogen and oxygen atoms in total. The number of aromatic nitrogens is 2. The van der Waals surface area contributed by atoms with E-state index in [0.29, 0.717) is 5.95 Å². The summed E-state index contributed by atoms with van der Waals surface area (Å²) < 4.78 is 9.10. The van der Waals surface area contributed by atoms with Crippen LogP contribution >= 0.6 is 22.6 Å². The highest BCUT2D eigenvalue weighted by Crippen LogP contribution is 2.21. The van der Waals surface area contributed by atoms with Crippen molar-refractivity contribution < 1.29 is 4.74 Å². The molecule has 2 aromatic rings. The van der Waals surface area contributed by atoms with Gasteiger partial charge in [0.1, 0.15) is 0 Å². The number of hydrogen-bond donors (Lipinski definition) is 1. The van der Waals surface area contributed by atoms with E-state index in [-0.39, 0.29) is 6.10 Å². The fraction of sp³-hybridized carbons (Fsp3) is 0.500. The number of hydrogen-bond acceptors (Lipinski definition) is 4. The van der Waals surface area contributed by atoms with Crippen LogP contribution in [0.25, 0.3) is 11.0 Å². The number of ether oxygens (including phenoxy) is 1. The molecule has 1 fully saturated rings. The summed E-state index contributed by atoms with van der Waals surface area (Å²) in [6.07, 6.45) is 0.183. The molecule has 0 spiro atoms. The smallest absolute Gasteiger partial charge is 0.201 e. The lowest BCUT2D eigenvalue weighted by molar-refractivity contribution is -0.0335. The van der Waals surface area contributed by atoms with Gasteiger partial charge in [-0.2, -0.15) is 0 Å². The Kier molecular flexibility index (Phi) is 4.13. The van der Waals surface area contributed by atoms with E-state index in [1.54, 1.807) is 0 Å². The Labute approximate surface area is 132 Å². The van der Waals surface area contributed by atoms with Crippen molar-refractivity contribution in [3.05, 3.63) is 21.8 Å². The second-order valence-electron chi connectivity index (χ2n) is 5.10. The molecule has 2 N–H and O–H groups in total. The number of nitrogens with two attached hydrogens (primary N) is 1. The van der Waals surface area contributed by atoms with E-state index in [1.807, 2.05) is 0 Å². The maximum atomic E-state index is 6.07. The maximum Gasteiger partial charge on any atom is 0.201 e. The molecular formula is C14H19IN4O. The first-order chi connectivity index (χ1) is 9.67. The number of morpholine rings is 1. The van der Waals surface area contributed by atoms with Crippen molar-refractivity contribution in [2.75, 3.05) is 32.0 Å². The second-order valence-corrected chi connectivity index (χ2v) is 6.35. The molecule has 1 saturated heterocycles. The average Bonchev–Trinajstić information content (AvgIpc) is 2.74. The molecule has 1 aromatic heterocycles. The number of nitrogen functional groups attached to an aromatic ring is 1. The first-order valence-corrected chi connectivity index (χ1v) is 8.00. The molecular weight excluding hydrogens is 367 g/mol. The molecule has 0 radical (unpaired) electrons. The zero-order chi connectivity index (χ0) is 14.1. The van der Waals surface area contributed by atoms with E-state index < -0.39 is 0 Å². The Morgan fingerprint density at radius 1 is 1.50 bits per heavy atom. The highest BCUT2D eigenvalue weighted by atomic mass is 127. The maximum absolute atomic E-state index is 6.07. The Morgan fingerprint density at radius 3 is 3.15 bits per heavy atom. The van der Waals surface area contributed by atoms with Crippen LogP contribution in [-0.4, -0.2) is 46.8 Å². The summed E-state index contributed by atoms with van der Waals surface area (Å²) in [5, 5.41) is 0. The summed E-state index contributed by atoms with van der Waals surface area (Å²) in [5.41, 5.74) is 8.11. The number of likely N-dealkylation sites (N-methyl/N-ethyl adjacent to an activating group) is 1. The molecule has 0 bridgehead atoms. The van der Waals surface area contributed by atoms with Crippen LogP contribution < -0.4 is 5.73 Å². The largest absolute Gasteiger partial charge is 0.374 e. The lowest BCUT2D eigenvalue weighted by atomic mass is 10.2. The highest BCUT2D eigenvalue weighted by molar-refractivity contribution is 14.1. The van der Waals surface area contributed by atoms with Crippen molar-refractivity contribution in [3.63, 3.8) is 0 Å². The van der Waals surface area contributed by atoms with Crippen molar-refractivity contribution in [1.29, 1.82) is 0 Å². The van der Waals surface area contributed by atoms with Crippen molar-refractivity contribution >= 4 is 39.6 Å². The van der Waals surface area contributed by atoms with E-state index >= 15 is 0 Å². The Balaban J connectivity index is 1.85. The molecule has 0 amide bonds. The van der Waals surface area contributed by atoms with Crippen LogP contribution in [0.2, 0.25) is 0 Å². The fourth-order valence-electron chi connectivity index (χ4n) is 2.70. The van der Waals surface area contributed by atoms with Crippen molar-refractivity contribution in [1.82, 2.24) is 14.5 Å². The topological polar surface area (TPSA) is 56.3 Å². The summed E-state index contributed by atoms with van der Waals surface area (Å²) in [6.45, 7) is 6.79. The standard InChI is InChI=1S/C14H19IN4O/c1-2-18-5-6-20-11(8-18)9-19-13-4-3-10(15)7-12(13)17-14(19)16/h3-4,7,11H,2,5-6,8-9H2,1H3,(H2,16,17). The third kappa shape index (κ3) is 2.77. The minimum atomic E-state index is 0.183. The van der Waals surface area contributed by atoms with E-state index in [0.717, 1.165) is 43.8 Å². The molecule has 0 aliphatic carbocycles. The molecule has 2 heterocycles. The number of nitrogens with zero attached hydrogens (tertiary/aromatic N) is 3. The molecule has 6 heteroatoms. The van der Waals surface area contributed by atoms with Gasteiger partial charge in [-0.3, -0.25) is 4.90 Å². The average molecular weight is 386 g/mol. The quantitative estimate of drug-likeness (QED) is 0.820. The first-order valence-electron chi connectivity index (χ1n) is 6.92. The number of rotatable bonds is 3. The number of anilines is 1. The van der Waals surface area contributed by atoms with Crippen LogP contribution in [0.3, 0.4) is 0 Å². The van der Waals surface area contributed by atoms with Crippen LogP contribution in [0, 0.1) is 3.57 Å². The molecule has 1 atom stereocenters. The fourth-order valence-corrected chi connectivity index (χ4v) is 3.17. The van der Waals surface area contributed by atoms with Crippen molar-refractivity contribution in [3.8, 4) is 0 Å². The highest BCUT2D eigenvalue weighted by Gasteiger charge is 2.21. The number of imidazole rings is 1. The SMILES string of the molecule is CCN1CCOC(Cn2c(N)nc3cc(I)ccc32)C1. The second kappa shape index (κ2) is 5.87. The minimum absolute atomic E-state index is 0.183. The van der Waals surface area contributed by atoms with E-state index in [4.69, 9.17) is 10.5 Å². The van der Waals surface area contributed by atoms with Crippen molar-refractivity contribution in [2.45, 2.75) is 19.6 Å². The molecule has 1 unspecified atom stereocenters. The Hall–Kier alpha value is -0.860. The van der Waals surface area contributed by atoms with Gasteiger partial charge in [0, 0.05) is 16.7 Å². The third-order valence-electron chi connectivity index (χ3n) is 3.80. The predicted molar refractivity (Wildman–Crippen MR) is 88.7 cm³/mol. The molecule has 20 heavy (non-hydrogen) atoms. The third-order valence-corrected chi connectivity index (χ3v) is 4.47. The zero-order valence-corrected chi connectivity index (χ0v) is 13.7. The minimum Gasteiger partial charge on any atom is -0.374 e. The Morgan fingerprint density at radius 2 is 2.35 bits per heavy atom. The molecule has 3 rings (SSSR count).